The number of nitrogens with zero attached hydrogens (tertiary/aromatic N) is 1. The summed E-state index contributed by atoms with van der Waals surface area (Å²) in [6.07, 6.45) is 1.83. The van der Waals surface area contributed by atoms with Crippen LogP contribution in [0.1, 0.15) is 13.3 Å². The van der Waals surface area contributed by atoms with Gasteiger partial charge in [0.05, 0.1) is 12.6 Å². The zero-order valence-electron chi connectivity index (χ0n) is 16.0. The minimum Gasteiger partial charge on any atom is -0.491 e. The van der Waals surface area contributed by atoms with E-state index in [9.17, 15) is 13.6 Å². The highest BCUT2D eigenvalue weighted by Crippen LogP contribution is 2.35. The SMILES string of the molecule is COc1c(F)cc(-c2cc(O[C@H](C)C3CNC(=O)C3)c3cccnc3c2)cc1F. The van der Waals surface area contributed by atoms with Crippen LogP contribution in [0.25, 0.3) is 22.0 Å². The van der Waals surface area contributed by atoms with Gasteiger partial charge in [0.1, 0.15) is 11.9 Å². The Kier molecular flexibility index (Phi) is 5.05. The summed E-state index contributed by atoms with van der Waals surface area (Å²) < 4.78 is 39.4. The van der Waals surface area contributed by atoms with E-state index in [2.05, 4.69) is 10.3 Å². The second kappa shape index (κ2) is 7.66. The minimum absolute atomic E-state index is 0.00917. The molecule has 1 saturated heterocycles. The molecule has 7 heteroatoms. The molecule has 0 bridgehead atoms. The number of nitrogens with one attached hydrogen (secondary N) is 1. The minimum atomic E-state index is -0.782. The van der Waals surface area contributed by atoms with Gasteiger partial charge in [0.25, 0.3) is 0 Å². The molecule has 1 amide bonds. The van der Waals surface area contributed by atoms with E-state index in [1.165, 1.54) is 19.2 Å². The summed E-state index contributed by atoms with van der Waals surface area (Å²) in [5.41, 5.74) is 1.56. The number of rotatable bonds is 5. The molecule has 29 heavy (non-hydrogen) atoms. The summed E-state index contributed by atoms with van der Waals surface area (Å²) in [6.45, 7) is 2.47. The van der Waals surface area contributed by atoms with Gasteiger partial charge in [-0.3, -0.25) is 9.78 Å². The normalized spacial score (nSPS) is 17.2. The Hall–Kier alpha value is -3.22. The highest BCUT2D eigenvalue weighted by molar-refractivity contribution is 5.90. The van der Waals surface area contributed by atoms with E-state index in [4.69, 9.17) is 9.47 Å². The van der Waals surface area contributed by atoms with Crippen LogP contribution in [-0.4, -0.2) is 30.6 Å². The van der Waals surface area contributed by atoms with E-state index in [1.54, 1.807) is 24.4 Å². The summed E-state index contributed by atoms with van der Waals surface area (Å²) in [5, 5.41) is 3.59. The van der Waals surface area contributed by atoms with Crippen LogP contribution in [0.3, 0.4) is 0 Å². The standard InChI is InChI=1S/C22H20F2N2O3/c1-12(15-10-21(27)26-11-15)29-20-9-14(8-19-16(20)4-3-5-25-19)13-6-17(23)22(28-2)18(24)7-13/h3-9,12,15H,10-11H2,1-2H3,(H,26,27)/t12-,15?/m1/s1. The number of fused-ring (bicyclic) bond motifs is 1. The molecule has 1 fully saturated rings. The fourth-order valence-corrected chi connectivity index (χ4v) is 3.59. The number of hydrogen-bond acceptors (Lipinski definition) is 4. The van der Waals surface area contributed by atoms with E-state index in [-0.39, 0.29) is 17.9 Å². The molecule has 1 aliphatic heterocycles. The summed E-state index contributed by atoms with van der Waals surface area (Å²) in [6, 6.07) is 9.62. The lowest BCUT2D eigenvalue weighted by molar-refractivity contribution is -0.119. The maximum Gasteiger partial charge on any atom is 0.220 e. The molecule has 0 radical (unpaired) electrons. The number of aromatic nitrogens is 1. The number of halogens is 2. The quantitative estimate of drug-likeness (QED) is 0.703. The average Bonchev–Trinajstić information content (AvgIpc) is 3.14. The van der Waals surface area contributed by atoms with Crippen LogP contribution in [0.15, 0.2) is 42.6 Å². The molecule has 1 aliphatic rings. The van der Waals surface area contributed by atoms with Crippen molar-refractivity contribution in [1.82, 2.24) is 10.3 Å². The molecule has 4 rings (SSSR count). The van der Waals surface area contributed by atoms with E-state index in [0.717, 1.165) is 5.39 Å². The molecule has 150 valence electrons. The van der Waals surface area contributed by atoms with E-state index in [0.29, 0.717) is 35.4 Å². The van der Waals surface area contributed by atoms with Gasteiger partial charge >= 0.3 is 0 Å². The second-order valence-corrected chi connectivity index (χ2v) is 7.11. The van der Waals surface area contributed by atoms with Crippen LogP contribution in [0, 0.1) is 17.6 Å². The molecular formula is C22H20F2N2O3. The zero-order chi connectivity index (χ0) is 20.5. The maximum absolute atomic E-state index is 14.2. The molecular weight excluding hydrogens is 378 g/mol. The molecule has 2 aromatic carbocycles. The first-order chi connectivity index (χ1) is 14.0. The van der Waals surface area contributed by atoms with Crippen LogP contribution < -0.4 is 14.8 Å². The first-order valence-electron chi connectivity index (χ1n) is 9.32. The second-order valence-electron chi connectivity index (χ2n) is 7.11. The third-order valence-electron chi connectivity index (χ3n) is 5.20. The molecule has 0 aliphatic carbocycles. The van der Waals surface area contributed by atoms with Gasteiger partial charge in [-0.05, 0) is 54.4 Å². The Morgan fingerprint density at radius 3 is 2.55 bits per heavy atom. The Balaban J connectivity index is 1.76. The highest BCUT2D eigenvalue weighted by Gasteiger charge is 2.28. The third kappa shape index (κ3) is 3.72. The molecule has 5 nitrogen and oxygen atoms in total. The van der Waals surface area contributed by atoms with Crippen LogP contribution in [0.2, 0.25) is 0 Å². The Bertz CT molecular complexity index is 1060. The van der Waals surface area contributed by atoms with Crippen LogP contribution in [-0.2, 0) is 4.79 Å². The van der Waals surface area contributed by atoms with Crippen molar-refractivity contribution in [2.75, 3.05) is 13.7 Å². The lowest BCUT2D eigenvalue weighted by Gasteiger charge is -2.21. The first-order valence-corrected chi connectivity index (χ1v) is 9.32. The van der Waals surface area contributed by atoms with Crippen molar-refractivity contribution < 1.29 is 23.0 Å². The Labute approximate surface area is 166 Å². The number of pyridine rings is 1. The summed E-state index contributed by atoms with van der Waals surface area (Å²) in [5.74, 6) is -1.38. The van der Waals surface area contributed by atoms with Gasteiger partial charge in [-0.2, -0.15) is 0 Å². The lowest BCUT2D eigenvalue weighted by Crippen LogP contribution is -2.25. The molecule has 0 saturated carbocycles. The van der Waals surface area contributed by atoms with Gasteiger partial charge in [0.15, 0.2) is 17.4 Å². The summed E-state index contributed by atoms with van der Waals surface area (Å²) in [7, 11) is 1.22. The van der Waals surface area contributed by atoms with Crippen LogP contribution >= 0.6 is 0 Å². The fourth-order valence-electron chi connectivity index (χ4n) is 3.59. The van der Waals surface area contributed by atoms with E-state index < -0.39 is 17.4 Å². The number of amides is 1. The number of hydrogen-bond donors (Lipinski definition) is 1. The molecule has 1 aromatic heterocycles. The average molecular weight is 398 g/mol. The van der Waals surface area contributed by atoms with Gasteiger partial charge in [-0.1, -0.05) is 0 Å². The Morgan fingerprint density at radius 2 is 1.90 bits per heavy atom. The van der Waals surface area contributed by atoms with Gasteiger partial charge < -0.3 is 14.8 Å². The molecule has 1 N–H and O–H groups in total. The van der Waals surface area contributed by atoms with Crippen molar-refractivity contribution in [2.45, 2.75) is 19.4 Å². The fraction of sp³-hybridized carbons (Fsp3) is 0.273. The highest BCUT2D eigenvalue weighted by atomic mass is 19.1. The van der Waals surface area contributed by atoms with Crippen molar-refractivity contribution in [3.8, 4) is 22.6 Å². The maximum atomic E-state index is 14.2. The number of carbonyl (C=O) groups is 1. The van der Waals surface area contributed by atoms with Crippen molar-refractivity contribution in [3.05, 3.63) is 54.2 Å². The monoisotopic (exact) mass is 398 g/mol. The van der Waals surface area contributed by atoms with Crippen molar-refractivity contribution in [2.24, 2.45) is 5.92 Å². The van der Waals surface area contributed by atoms with Gasteiger partial charge in [0.2, 0.25) is 5.91 Å². The number of methoxy groups -OCH3 is 1. The van der Waals surface area contributed by atoms with E-state index >= 15 is 0 Å². The largest absolute Gasteiger partial charge is 0.491 e. The van der Waals surface area contributed by atoms with Gasteiger partial charge in [0, 0.05) is 30.5 Å². The number of ether oxygens (including phenoxy) is 2. The lowest BCUT2D eigenvalue weighted by atomic mass is 10.0. The molecule has 1 unspecified atom stereocenters. The van der Waals surface area contributed by atoms with Gasteiger partial charge in [-0.15, -0.1) is 0 Å². The molecule has 3 aromatic rings. The zero-order valence-corrected chi connectivity index (χ0v) is 16.0. The van der Waals surface area contributed by atoms with Crippen LogP contribution in [0.4, 0.5) is 8.78 Å². The Morgan fingerprint density at radius 1 is 1.17 bits per heavy atom. The van der Waals surface area contributed by atoms with Crippen molar-refractivity contribution >= 4 is 16.8 Å². The predicted octanol–water partition coefficient (Wildman–Crippen LogP) is 4.09. The number of carbonyl (C=O) groups excluding carboxylic acids is 1. The summed E-state index contributed by atoms with van der Waals surface area (Å²) in [4.78, 5) is 15.9. The molecule has 2 atom stereocenters. The topological polar surface area (TPSA) is 60.5 Å². The smallest absolute Gasteiger partial charge is 0.220 e. The third-order valence-corrected chi connectivity index (χ3v) is 5.20. The molecule has 0 spiro atoms. The van der Waals surface area contributed by atoms with Crippen molar-refractivity contribution in [1.29, 1.82) is 0 Å². The first kappa shape index (κ1) is 19.1. The summed E-state index contributed by atoms with van der Waals surface area (Å²) >= 11 is 0. The van der Waals surface area contributed by atoms with E-state index in [1.807, 2.05) is 13.0 Å². The van der Waals surface area contributed by atoms with Crippen molar-refractivity contribution in [3.63, 3.8) is 0 Å². The van der Waals surface area contributed by atoms with Crippen LogP contribution in [0.5, 0.6) is 11.5 Å². The van der Waals surface area contributed by atoms with Gasteiger partial charge in [-0.25, -0.2) is 8.78 Å². The number of benzene rings is 2. The predicted molar refractivity (Wildman–Crippen MR) is 105 cm³/mol. The molecule has 2 heterocycles.